The normalized spacial score (nSPS) is 11.0. The van der Waals surface area contributed by atoms with E-state index in [9.17, 15) is 0 Å². The van der Waals surface area contributed by atoms with E-state index < -0.39 is 0 Å². The molecule has 2 aromatic carbocycles. The van der Waals surface area contributed by atoms with Crippen molar-refractivity contribution in [2.24, 2.45) is 0 Å². The second kappa shape index (κ2) is 5.04. The maximum Gasteiger partial charge on any atom is 0.157 e. The molecule has 5 nitrogen and oxygen atoms in total. The molecule has 0 aliphatic rings. The molecule has 0 spiro atoms. The van der Waals surface area contributed by atoms with E-state index in [-0.39, 0.29) is 0 Å². The molecule has 0 bridgehead atoms. The van der Waals surface area contributed by atoms with Gasteiger partial charge in [-0.05, 0) is 24.3 Å². The average Bonchev–Trinajstić information content (AvgIpc) is 3.05. The maximum absolute atomic E-state index is 5.26. The van der Waals surface area contributed by atoms with Gasteiger partial charge in [0.1, 0.15) is 11.3 Å². The van der Waals surface area contributed by atoms with Crippen molar-refractivity contribution in [3.63, 3.8) is 0 Å². The van der Waals surface area contributed by atoms with Crippen molar-refractivity contribution in [2.45, 2.75) is 0 Å². The number of fused-ring (bicyclic) bond motifs is 3. The summed E-state index contributed by atoms with van der Waals surface area (Å²) < 4.78 is 7.29. The molecule has 4 aromatic rings. The van der Waals surface area contributed by atoms with Crippen LogP contribution in [-0.2, 0) is 0 Å². The van der Waals surface area contributed by atoms with Crippen LogP contribution in [0.15, 0.2) is 61.1 Å². The number of aromatic nitrogens is 3. The highest BCUT2D eigenvalue weighted by Crippen LogP contribution is 2.26. The van der Waals surface area contributed by atoms with E-state index in [1.165, 1.54) is 0 Å². The number of imidazole rings is 1. The fourth-order valence-electron chi connectivity index (χ4n) is 2.53. The lowest BCUT2D eigenvalue weighted by atomic mass is 10.2. The molecule has 0 aliphatic heterocycles. The zero-order valence-corrected chi connectivity index (χ0v) is 12.0. The molecule has 1 N–H and O–H groups in total. The molecule has 0 radical (unpaired) electrons. The van der Waals surface area contributed by atoms with Crippen LogP contribution in [0.5, 0.6) is 5.75 Å². The molecule has 0 amide bonds. The van der Waals surface area contributed by atoms with Crippen molar-refractivity contribution >= 4 is 28.1 Å². The van der Waals surface area contributed by atoms with E-state index in [1.807, 2.05) is 59.1 Å². The third-order valence-corrected chi connectivity index (χ3v) is 3.59. The molecular formula is C17H14N4O. The lowest BCUT2D eigenvalue weighted by Crippen LogP contribution is -1.99. The molecular weight excluding hydrogens is 276 g/mol. The zero-order valence-electron chi connectivity index (χ0n) is 12.0. The second-order valence-electron chi connectivity index (χ2n) is 4.95. The molecule has 0 aliphatic carbocycles. The highest BCUT2D eigenvalue weighted by Gasteiger charge is 2.08. The predicted molar refractivity (Wildman–Crippen MR) is 86.8 cm³/mol. The summed E-state index contributed by atoms with van der Waals surface area (Å²) in [5.41, 5.74) is 3.80. The van der Waals surface area contributed by atoms with E-state index in [0.29, 0.717) is 0 Å². The number of rotatable bonds is 3. The number of hydrogen-bond donors (Lipinski definition) is 1. The van der Waals surface area contributed by atoms with Crippen molar-refractivity contribution in [1.29, 1.82) is 0 Å². The zero-order chi connectivity index (χ0) is 14.9. The van der Waals surface area contributed by atoms with Gasteiger partial charge in [-0.1, -0.05) is 18.2 Å². The fourth-order valence-corrected chi connectivity index (χ4v) is 2.53. The summed E-state index contributed by atoms with van der Waals surface area (Å²) in [5.74, 6) is 1.57. The molecule has 5 heteroatoms. The second-order valence-corrected chi connectivity index (χ2v) is 4.95. The first kappa shape index (κ1) is 12.6. The van der Waals surface area contributed by atoms with Crippen LogP contribution in [0.4, 0.5) is 11.5 Å². The third-order valence-electron chi connectivity index (χ3n) is 3.59. The van der Waals surface area contributed by atoms with E-state index in [2.05, 4.69) is 10.3 Å². The molecule has 2 aromatic heterocycles. The number of methoxy groups -OCH3 is 1. The van der Waals surface area contributed by atoms with Gasteiger partial charge < -0.3 is 10.1 Å². The SMILES string of the molecule is COc1cccc(Nc2nc3ccccc3n3cncc23)c1. The Labute approximate surface area is 127 Å². The Morgan fingerprint density at radius 2 is 1.95 bits per heavy atom. The predicted octanol–water partition coefficient (Wildman–Crippen LogP) is 3.63. The molecule has 0 saturated heterocycles. The van der Waals surface area contributed by atoms with Crippen LogP contribution in [0.1, 0.15) is 0 Å². The van der Waals surface area contributed by atoms with Crippen LogP contribution in [0.25, 0.3) is 16.6 Å². The topological polar surface area (TPSA) is 51.5 Å². The van der Waals surface area contributed by atoms with Crippen molar-refractivity contribution in [3.05, 3.63) is 61.1 Å². The smallest absolute Gasteiger partial charge is 0.157 e. The largest absolute Gasteiger partial charge is 0.497 e. The number of ether oxygens (including phenoxy) is 1. The van der Waals surface area contributed by atoms with Gasteiger partial charge in [0, 0.05) is 11.8 Å². The summed E-state index contributed by atoms with van der Waals surface area (Å²) in [6.07, 6.45) is 3.61. The molecule has 4 rings (SSSR count). The first-order chi connectivity index (χ1) is 10.8. The van der Waals surface area contributed by atoms with Gasteiger partial charge in [-0.2, -0.15) is 0 Å². The quantitative estimate of drug-likeness (QED) is 0.626. The van der Waals surface area contributed by atoms with Crippen LogP contribution >= 0.6 is 0 Å². The Kier molecular flexibility index (Phi) is 2.89. The molecule has 2 heterocycles. The van der Waals surface area contributed by atoms with E-state index in [0.717, 1.165) is 33.8 Å². The first-order valence-corrected chi connectivity index (χ1v) is 6.97. The molecule has 0 unspecified atom stereocenters. The van der Waals surface area contributed by atoms with Crippen LogP contribution < -0.4 is 10.1 Å². The molecule has 0 saturated carbocycles. The molecule has 0 fully saturated rings. The number of hydrogen-bond acceptors (Lipinski definition) is 4. The van der Waals surface area contributed by atoms with Crippen molar-refractivity contribution in [2.75, 3.05) is 12.4 Å². The van der Waals surface area contributed by atoms with Crippen LogP contribution in [0, 0.1) is 0 Å². The standard InChI is InChI=1S/C17H14N4O/c1-22-13-6-4-5-12(9-13)19-17-16-10-18-11-21(16)15-8-3-2-7-14(15)20-17/h2-11H,1H3,(H,19,20). The van der Waals surface area contributed by atoms with Gasteiger partial charge in [0.25, 0.3) is 0 Å². The Morgan fingerprint density at radius 3 is 2.86 bits per heavy atom. The maximum atomic E-state index is 5.26. The number of nitrogens with one attached hydrogen (secondary N) is 1. The first-order valence-electron chi connectivity index (χ1n) is 6.97. The van der Waals surface area contributed by atoms with Gasteiger partial charge in [0.2, 0.25) is 0 Å². The monoisotopic (exact) mass is 290 g/mol. The lowest BCUT2D eigenvalue weighted by molar-refractivity contribution is 0.415. The number of benzene rings is 2. The number of nitrogens with zero attached hydrogens (tertiary/aromatic N) is 3. The van der Waals surface area contributed by atoms with Crippen LogP contribution in [0.2, 0.25) is 0 Å². The highest BCUT2D eigenvalue weighted by molar-refractivity contribution is 5.85. The van der Waals surface area contributed by atoms with Crippen molar-refractivity contribution in [3.8, 4) is 5.75 Å². The Balaban J connectivity index is 1.87. The van der Waals surface area contributed by atoms with Gasteiger partial charge in [0.15, 0.2) is 5.82 Å². The Bertz CT molecular complexity index is 961. The highest BCUT2D eigenvalue weighted by atomic mass is 16.5. The van der Waals surface area contributed by atoms with Gasteiger partial charge in [-0.3, -0.25) is 4.40 Å². The number of para-hydroxylation sites is 2. The summed E-state index contributed by atoms with van der Waals surface area (Å²) in [6.45, 7) is 0. The van der Waals surface area contributed by atoms with Gasteiger partial charge in [-0.15, -0.1) is 0 Å². The Hall–Kier alpha value is -3.08. The summed E-state index contributed by atoms with van der Waals surface area (Å²) in [5, 5.41) is 3.35. The van der Waals surface area contributed by atoms with Crippen molar-refractivity contribution in [1.82, 2.24) is 14.4 Å². The fraction of sp³-hybridized carbons (Fsp3) is 0.0588. The van der Waals surface area contributed by atoms with E-state index >= 15 is 0 Å². The lowest BCUT2D eigenvalue weighted by Gasteiger charge is -2.10. The molecule has 108 valence electrons. The summed E-state index contributed by atoms with van der Waals surface area (Å²) in [4.78, 5) is 8.96. The average molecular weight is 290 g/mol. The van der Waals surface area contributed by atoms with Crippen LogP contribution in [0.3, 0.4) is 0 Å². The minimum atomic E-state index is 0.768. The molecule has 22 heavy (non-hydrogen) atoms. The van der Waals surface area contributed by atoms with Gasteiger partial charge in [-0.25, -0.2) is 9.97 Å². The van der Waals surface area contributed by atoms with E-state index in [4.69, 9.17) is 9.72 Å². The third kappa shape index (κ3) is 2.03. The van der Waals surface area contributed by atoms with Crippen molar-refractivity contribution < 1.29 is 4.74 Å². The number of anilines is 2. The van der Waals surface area contributed by atoms with Crippen LogP contribution in [-0.4, -0.2) is 21.5 Å². The summed E-state index contributed by atoms with van der Waals surface area (Å²) in [7, 11) is 1.66. The van der Waals surface area contributed by atoms with Gasteiger partial charge in [0.05, 0.1) is 30.7 Å². The Morgan fingerprint density at radius 1 is 1.05 bits per heavy atom. The minimum Gasteiger partial charge on any atom is -0.497 e. The minimum absolute atomic E-state index is 0.768. The summed E-state index contributed by atoms with van der Waals surface area (Å²) in [6, 6.07) is 15.8. The molecule has 0 atom stereocenters. The van der Waals surface area contributed by atoms with Gasteiger partial charge >= 0.3 is 0 Å². The van der Waals surface area contributed by atoms with E-state index in [1.54, 1.807) is 13.4 Å². The summed E-state index contributed by atoms with van der Waals surface area (Å²) >= 11 is 0.